The summed E-state index contributed by atoms with van der Waals surface area (Å²) in [6.07, 6.45) is 4.56. The largest absolute Gasteiger partial charge is 0.294 e. The number of nitrogens with zero attached hydrogens (tertiary/aromatic N) is 1. The van der Waals surface area contributed by atoms with E-state index in [9.17, 15) is 28.5 Å². The molecule has 0 fully saturated rings. The number of benzene rings is 3. The first-order chi connectivity index (χ1) is 16.4. The number of nitro groups is 1. The van der Waals surface area contributed by atoms with E-state index in [2.05, 4.69) is 0 Å². The molecule has 3 rings (SSSR count). The second-order valence-electron chi connectivity index (χ2n) is 7.52. The lowest BCUT2D eigenvalue weighted by Gasteiger charge is -2.20. The number of ketones is 2. The molecule has 172 valence electrons. The van der Waals surface area contributed by atoms with E-state index in [-0.39, 0.29) is 11.1 Å². The Labute approximate surface area is 195 Å². The molecule has 0 bridgehead atoms. The monoisotopic (exact) mass is 461 g/mol. The number of carbonyl (C=O) groups excluding carboxylic acids is 2. The van der Waals surface area contributed by atoms with E-state index in [1.165, 1.54) is 48.6 Å². The number of halogens is 2. The average molecular weight is 461 g/mol. The molecule has 3 aromatic carbocycles. The van der Waals surface area contributed by atoms with Gasteiger partial charge in [0.15, 0.2) is 11.6 Å². The van der Waals surface area contributed by atoms with Crippen molar-refractivity contribution in [2.24, 2.45) is 5.92 Å². The maximum absolute atomic E-state index is 14.0. The van der Waals surface area contributed by atoms with Crippen LogP contribution in [0.1, 0.15) is 22.6 Å². The van der Waals surface area contributed by atoms with Crippen molar-refractivity contribution in [1.82, 2.24) is 0 Å². The Hall–Kier alpha value is -4.26. The van der Waals surface area contributed by atoms with Crippen LogP contribution in [0, 0.1) is 27.7 Å². The molecule has 0 aliphatic heterocycles. The van der Waals surface area contributed by atoms with Crippen molar-refractivity contribution in [2.45, 2.75) is 5.92 Å². The summed E-state index contributed by atoms with van der Waals surface area (Å²) in [6.45, 7) is -0.673. The predicted octanol–water partition coefficient (Wildman–Crippen LogP) is 5.51. The van der Waals surface area contributed by atoms with Gasteiger partial charge in [-0.15, -0.1) is 0 Å². The van der Waals surface area contributed by atoms with Gasteiger partial charge < -0.3 is 0 Å². The maximum Gasteiger partial charge on any atom is 0.211 e. The molecule has 2 atom stereocenters. The Kier molecular flexibility index (Phi) is 8.29. The van der Waals surface area contributed by atoms with E-state index in [0.717, 1.165) is 12.2 Å². The van der Waals surface area contributed by atoms with Crippen LogP contribution in [-0.2, 0) is 9.59 Å². The molecule has 0 saturated heterocycles. The Balaban J connectivity index is 2.01. The zero-order valence-electron chi connectivity index (χ0n) is 18.0. The maximum atomic E-state index is 14.0. The van der Waals surface area contributed by atoms with Gasteiger partial charge in [0.2, 0.25) is 6.54 Å². The standard InChI is InChI=1S/C27H21F2NO4/c28-23-12-6-4-10-20(23)14-16-25(31)27(22(18-30(33)34)19-8-2-1-3-9-19)26(32)17-15-21-11-5-7-13-24(21)29/h1-17,22,27H,18H2/b16-14-,17-15+/t22-,27?/m0/s1. The van der Waals surface area contributed by atoms with Crippen LogP contribution in [0.4, 0.5) is 8.78 Å². The van der Waals surface area contributed by atoms with Crippen molar-refractivity contribution >= 4 is 23.7 Å². The Morgan fingerprint density at radius 3 is 1.65 bits per heavy atom. The summed E-state index contributed by atoms with van der Waals surface area (Å²) < 4.78 is 28.0. The fourth-order valence-corrected chi connectivity index (χ4v) is 3.57. The molecular formula is C27H21F2NO4. The second-order valence-corrected chi connectivity index (χ2v) is 7.52. The van der Waals surface area contributed by atoms with E-state index < -0.39 is 46.5 Å². The number of hydrogen-bond acceptors (Lipinski definition) is 4. The van der Waals surface area contributed by atoms with Gasteiger partial charge in [0, 0.05) is 16.1 Å². The number of allylic oxidation sites excluding steroid dienone is 2. The second kappa shape index (κ2) is 11.6. The summed E-state index contributed by atoms with van der Waals surface area (Å²) in [5.74, 6) is -5.09. The normalized spacial score (nSPS) is 13.1. The smallest absolute Gasteiger partial charge is 0.211 e. The van der Waals surface area contributed by atoms with Crippen LogP contribution in [0.5, 0.6) is 0 Å². The molecule has 1 unspecified atom stereocenters. The van der Waals surface area contributed by atoms with Gasteiger partial charge in [-0.1, -0.05) is 66.7 Å². The first kappa shape index (κ1) is 24.4. The Morgan fingerprint density at radius 2 is 1.21 bits per heavy atom. The van der Waals surface area contributed by atoms with E-state index in [0.29, 0.717) is 5.56 Å². The van der Waals surface area contributed by atoms with Crippen LogP contribution < -0.4 is 0 Å². The van der Waals surface area contributed by atoms with E-state index in [1.54, 1.807) is 42.5 Å². The van der Waals surface area contributed by atoms with E-state index in [4.69, 9.17) is 0 Å². The summed E-state index contributed by atoms with van der Waals surface area (Å²) in [6, 6.07) is 19.8. The van der Waals surface area contributed by atoms with Crippen LogP contribution in [0.25, 0.3) is 12.2 Å². The molecule has 0 spiro atoms. The third-order valence-corrected chi connectivity index (χ3v) is 5.25. The lowest BCUT2D eigenvalue weighted by molar-refractivity contribution is -0.484. The van der Waals surface area contributed by atoms with Gasteiger partial charge in [0.1, 0.15) is 11.6 Å². The van der Waals surface area contributed by atoms with Gasteiger partial charge in [0.05, 0.1) is 11.8 Å². The van der Waals surface area contributed by atoms with Crippen LogP contribution in [0.3, 0.4) is 0 Å². The van der Waals surface area contributed by atoms with Gasteiger partial charge in [-0.25, -0.2) is 8.78 Å². The van der Waals surface area contributed by atoms with Crippen molar-refractivity contribution in [3.8, 4) is 0 Å². The minimum absolute atomic E-state index is 0.134. The van der Waals surface area contributed by atoms with E-state index in [1.807, 2.05) is 0 Å². The molecular weight excluding hydrogens is 440 g/mol. The van der Waals surface area contributed by atoms with Crippen LogP contribution >= 0.6 is 0 Å². The highest BCUT2D eigenvalue weighted by Crippen LogP contribution is 2.28. The molecule has 0 radical (unpaired) electrons. The highest BCUT2D eigenvalue weighted by molar-refractivity contribution is 6.14. The summed E-state index contributed by atoms with van der Waals surface area (Å²) in [5, 5.41) is 11.4. The molecule has 0 N–H and O–H groups in total. The lowest BCUT2D eigenvalue weighted by atomic mass is 9.80. The Morgan fingerprint density at radius 1 is 0.765 bits per heavy atom. The van der Waals surface area contributed by atoms with E-state index >= 15 is 0 Å². The molecule has 0 aromatic heterocycles. The highest BCUT2D eigenvalue weighted by Gasteiger charge is 2.36. The van der Waals surface area contributed by atoms with Crippen molar-refractivity contribution < 1.29 is 23.3 Å². The molecule has 34 heavy (non-hydrogen) atoms. The first-order valence-electron chi connectivity index (χ1n) is 10.5. The van der Waals surface area contributed by atoms with Gasteiger partial charge in [-0.3, -0.25) is 19.7 Å². The number of carbonyl (C=O) groups is 2. The summed E-state index contributed by atoms with van der Waals surface area (Å²) >= 11 is 0. The number of hydrogen-bond donors (Lipinski definition) is 0. The first-order valence-corrected chi connectivity index (χ1v) is 10.5. The Bertz CT molecular complexity index is 1170. The minimum Gasteiger partial charge on any atom is -0.294 e. The summed E-state index contributed by atoms with van der Waals surface area (Å²) in [7, 11) is 0. The van der Waals surface area contributed by atoms with Crippen LogP contribution in [0.15, 0.2) is 91.0 Å². The molecule has 3 aromatic rings. The quantitative estimate of drug-likeness (QED) is 0.173. The van der Waals surface area contributed by atoms with Crippen molar-refractivity contribution in [3.05, 3.63) is 129 Å². The molecule has 0 amide bonds. The van der Waals surface area contributed by atoms with Crippen molar-refractivity contribution in [1.29, 1.82) is 0 Å². The van der Waals surface area contributed by atoms with Gasteiger partial charge in [0.25, 0.3) is 0 Å². The zero-order chi connectivity index (χ0) is 24.5. The van der Waals surface area contributed by atoms with Crippen molar-refractivity contribution in [2.75, 3.05) is 6.54 Å². The fourth-order valence-electron chi connectivity index (χ4n) is 3.57. The number of rotatable bonds is 10. The summed E-state index contributed by atoms with van der Waals surface area (Å²) in [5.41, 5.74) is 0.702. The third kappa shape index (κ3) is 6.38. The summed E-state index contributed by atoms with van der Waals surface area (Å²) in [4.78, 5) is 37.2. The third-order valence-electron chi connectivity index (χ3n) is 5.25. The van der Waals surface area contributed by atoms with Gasteiger partial charge in [-0.05, 0) is 42.0 Å². The predicted molar refractivity (Wildman–Crippen MR) is 125 cm³/mol. The average Bonchev–Trinajstić information content (AvgIpc) is 2.83. The molecule has 0 heterocycles. The fraction of sp³-hybridized carbons (Fsp3) is 0.111. The zero-order valence-corrected chi connectivity index (χ0v) is 18.0. The molecule has 0 saturated carbocycles. The molecule has 0 aliphatic carbocycles. The topological polar surface area (TPSA) is 77.3 Å². The van der Waals surface area contributed by atoms with Gasteiger partial charge in [-0.2, -0.15) is 0 Å². The minimum atomic E-state index is -1.46. The molecule has 5 nitrogen and oxygen atoms in total. The van der Waals surface area contributed by atoms with Crippen LogP contribution in [0.2, 0.25) is 0 Å². The highest BCUT2D eigenvalue weighted by atomic mass is 19.1. The van der Waals surface area contributed by atoms with Crippen molar-refractivity contribution in [3.63, 3.8) is 0 Å². The molecule has 0 aliphatic rings. The molecule has 7 heteroatoms. The van der Waals surface area contributed by atoms with Gasteiger partial charge >= 0.3 is 0 Å². The van der Waals surface area contributed by atoms with Crippen LogP contribution in [-0.4, -0.2) is 23.0 Å². The lowest BCUT2D eigenvalue weighted by Crippen LogP contribution is -2.32. The SMILES string of the molecule is O=C(/C=C\c1ccccc1F)C(C(=O)/C=C/c1ccccc1F)[C@@H](C[N+](=O)[O-])c1ccccc1.